The SMILES string of the molecule is COc1cc(CO)cc(I)c1O[C@H]1C=C(C(=O)NCCO)C[C@@H](N(CCN2CCOCC2)C(C)=O)[C@@H]1O. The zero-order valence-electron chi connectivity index (χ0n) is 21.2. The van der Waals surface area contributed by atoms with Crippen molar-refractivity contribution in [1.82, 2.24) is 15.1 Å². The van der Waals surface area contributed by atoms with E-state index < -0.39 is 24.2 Å². The highest BCUT2D eigenvalue weighted by Crippen LogP contribution is 2.37. The number of halogens is 1. The average Bonchev–Trinajstić information content (AvgIpc) is 2.90. The normalized spacial score (nSPS) is 22.2. The second-order valence-corrected chi connectivity index (χ2v) is 10.1. The number of nitrogens with one attached hydrogen (secondary N) is 1. The van der Waals surface area contributed by atoms with E-state index >= 15 is 0 Å². The number of nitrogens with zero attached hydrogens (tertiary/aromatic N) is 2. The number of ether oxygens (including phenoxy) is 3. The van der Waals surface area contributed by atoms with Gasteiger partial charge in [0.05, 0.1) is 43.1 Å². The zero-order valence-corrected chi connectivity index (χ0v) is 23.3. The Labute approximate surface area is 230 Å². The van der Waals surface area contributed by atoms with Crippen LogP contribution in [0.5, 0.6) is 11.5 Å². The molecule has 0 saturated carbocycles. The summed E-state index contributed by atoms with van der Waals surface area (Å²) in [6, 6.07) is 2.68. The fraction of sp³-hybridized carbons (Fsp3) is 0.600. The minimum atomic E-state index is -1.12. The van der Waals surface area contributed by atoms with Gasteiger partial charge in [0.25, 0.3) is 0 Å². The Hall–Kier alpha value is -1.97. The Kier molecular flexibility index (Phi) is 11.4. The van der Waals surface area contributed by atoms with Gasteiger partial charge in [-0.3, -0.25) is 14.5 Å². The van der Waals surface area contributed by atoms with E-state index in [1.807, 2.05) is 0 Å². The fourth-order valence-corrected chi connectivity index (χ4v) is 5.32. The van der Waals surface area contributed by atoms with Crippen molar-refractivity contribution in [2.24, 2.45) is 0 Å². The van der Waals surface area contributed by atoms with Crippen LogP contribution in [0, 0.1) is 3.57 Å². The van der Waals surface area contributed by atoms with Crippen LogP contribution in [0.15, 0.2) is 23.8 Å². The van der Waals surface area contributed by atoms with Crippen LogP contribution in [-0.2, 0) is 20.9 Å². The van der Waals surface area contributed by atoms with Crippen molar-refractivity contribution in [2.75, 3.05) is 59.7 Å². The molecule has 206 valence electrons. The number of carbonyl (C=O) groups is 2. The minimum Gasteiger partial charge on any atom is -0.493 e. The first-order valence-corrected chi connectivity index (χ1v) is 13.4. The van der Waals surface area contributed by atoms with E-state index in [-0.39, 0.29) is 32.1 Å². The van der Waals surface area contributed by atoms with Gasteiger partial charge in [-0.05, 0) is 46.4 Å². The number of methoxy groups -OCH3 is 1. The lowest BCUT2D eigenvalue weighted by Gasteiger charge is -2.41. The first kappa shape index (κ1) is 29.6. The van der Waals surface area contributed by atoms with Crippen LogP contribution in [0.1, 0.15) is 18.9 Å². The Bertz CT molecular complexity index is 970. The molecule has 1 saturated heterocycles. The predicted octanol–water partition coefficient (Wildman–Crippen LogP) is -0.112. The number of hydrogen-bond donors (Lipinski definition) is 4. The van der Waals surface area contributed by atoms with Gasteiger partial charge in [-0.15, -0.1) is 0 Å². The molecule has 1 fully saturated rings. The quantitative estimate of drug-likeness (QED) is 0.246. The van der Waals surface area contributed by atoms with E-state index in [0.29, 0.717) is 52.5 Å². The number of morpholine rings is 1. The largest absolute Gasteiger partial charge is 0.493 e. The van der Waals surface area contributed by atoms with Crippen LogP contribution in [0.4, 0.5) is 0 Å². The highest BCUT2D eigenvalue weighted by atomic mass is 127. The second-order valence-electron chi connectivity index (χ2n) is 8.95. The number of aliphatic hydroxyl groups excluding tert-OH is 3. The molecule has 11 nitrogen and oxygen atoms in total. The molecule has 0 aromatic heterocycles. The summed E-state index contributed by atoms with van der Waals surface area (Å²) in [5.74, 6) is 0.126. The van der Waals surface area contributed by atoms with Gasteiger partial charge in [0.2, 0.25) is 11.8 Å². The maximum atomic E-state index is 12.9. The Balaban J connectivity index is 1.90. The van der Waals surface area contributed by atoms with E-state index in [1.54, 1.807) is 23.1 Å². The van der Waals surface area contributed by atoms with E-state index in [2.05, 4.69) is 32.8 Å². The molecule has 4 N–H and O–H groups in total. The summed E-state index contributed by atoms with van der Waals surface area (Å²) in [6.07, 6.45) is -0.385. The molecule has 1 aliphatic heterocycles. The second kappa shape index (κ2) is 14.3. The summed E-state index contributed by atoms with van der Waals surface area (Å²) >= 11 is 2.06. The monoisotopic (exact) mass is 633 g/mol. The number of hydrogen-bond acceptors (Lipinski definition) is 9. The van der Waals surface area contributed by atoms with Gasteiger partial charge in [-0.25, -0.2) is 0 Å². The van der Waals surface area contributed by atoms with Crippen LogP contribution >= 0.6 is 22.6 Å². The van der Waals surface area contributed by atoms with Gasteiger partial charge in [0, 0.05) is 51.6 Å². The van der Waals surface area contributed by atoms with Gasteiger partial charge < -0.3 is 39.7 Å². The smallest absolute Gasteiger partial charge is 0.247 e. The van der Waals surface area contributed by atoms with Gasteiger partial charge in [0.15, 0.2) is 11.5 Å². The van der Waals surface area contributed by atoms with Crippen molar-refractivity contribution in [3.63, 3.8) is 0 Å². The molecule has 3 rings (SSSR count). The molecule has 3 atom stereocenters. The molecular formula is C25H36IN3O8. The first-order chi connectivity index (χ1) is 17.8. The van der Waals surface area contributed by atoms with Crippen LogP contribution in [0.25, 0.3) is 0 Å². The minimum absolute atomic E-state index is 0.0801. The van der Waals surface area contributed by atoms with Crippen LogP contribution in [0.2, 0.25) is 0 Å². The summed E-state index contributed by atoms with van der Waals surface area (Å²) in [5.41, 5.74) is 0.994. The Morgan fingerprint density at radius 1 is 1.27 bits per heavy atom. The van der Waals surface area contributed by atoms with E-state index in [0.717, 1.165) is 13.1 Å². The summed E-state index contributed by atoms with van der Waals surface area (Å²) in [6.45, 7) is 4.93. The average molecular weight is 633 g/mol. The van der Waals surface area contributed by atoms with Crippen molar-refractivity contribution >= 4 is 34.4 Å². The third-order valence-electron chi connectivity index (χ3n) is 6.51. The Morgan fingerprint density at radius 2 is 2.00 bits per heavy atom. The predicted molar refractivity (Wildman–Crippen MR) is 143 cm³/mol. The molecule has 0 radical (unpaired) electrons. The molecule has 0 unspecified atom stereocenters. The van der Waals surface area contributed by atoms with Gasteiger partial charge >= 0.3 is 0 Å². The van der Waals surface area contributed by atoms with Crippen molar-refractivity contribution in [3.05, 3.63) is 32.9 Å². The summed E-state index contributed by atoms with van der Waals surface area (Å²) in [7, 11) is 1.48. The summed E-state index contributed by atoms with van der Waals surface area (Å²) < 4.78 is 17.7. The van der Waals surface area contributed by atoms with E-state index in [1.165, 1.54) is 14.0 Å². The van der Waals surface area contributed by atoms with Gasteiger partial charge in [-0.1, -0.05) is 0 Å². The highest BCUT2D eigenvalue weighted by molar-refractivity contribution is 14.1. The van der Waals surface area contributed by atoms with Crippen molar-refractivity contribution < 1.29 is 39.1 Å². The standard InChI is InChI=1S/C25H36IN3O8/c1-16(32)29(5-4-28-6-9-36-10-7-28)20-13-18(25(34)27-3-8-30)14-21(23(20)33)37-24-19(26)11-17(15-31)12-22(24)35-2/h11-12,14,20-21,23,30-31,33H,3-10,13,15H2,1-2H3,(H,27,34)/t20-,21+,23+/m1/s1. The van der Waals surface area contributed by atoms with Crippen molar-refractivity contribution in [2.45, 2.75) is 38.2 Å². The molecule has 1 aromatic carbocycles. The Morgan fingerprint density at radius 3 is 2.62 bits per heavy atom. The molecular weight excluding hydrogens is 597 g/mol. The third kappa shape index (κ3) is 7.77. The number of carbonyl (C=O) groups excluding carboxylic acids is 2. The molecule has 0 bridgehead atoms. The third-order valence-corrected chi connectivity index (χ3v) is 7.31. The van der Waals surface area contributed by atoms with Crippen LogP contribution in [0.3, 0.4) is 0 Å². The maximum absolute atomic E-state index is 12.9. The van der Waals surface area contributed by atoms with Gasteiger partial charge in [-0.2, -0.15) is 0 Å². The topological polar surface area (TPSA) is 141 Å². The summed E-state index contributed by atoms with van der Waals surface area (Å²) in [4.78, 5) is 29.4. The molecule has 0 spiro atoms. The lowest BCUT2D eigenvalue weighted by Crippen LogP contribution is -2.56. The number of rotatable bonds is 11. The van der Waals surface area contributed by atoms with Crippen molar-refractivity contribution in [3.8, 4) is 11.5 Å². The number of benzene rings is 1. The molecule has 37 heavy (non-hydrogen) atoms. The van der Waals surface area contributed by atoms with Crippen LogP contribution < -0.4 is 14.8 Å². The van der Waals surface area contributed by atoms with Crippen molar-refractivity contribution in [1.29, 1.82) is 0 Å². The first-order valence-electron chi connectivity index (χ1n) is 12.3. The molecule has 12 heteroatoms. The van der Waals surface area contributed by atoms with E-state index in [4.69, 9.17) is 19.3 Å². The molecule has 1 heterocycles. The molecule has 2 amide bonds. The molecule has 2 aliphatic rings. The summed E-state index contributed by atoms with van der Waals surface area (Å²) in [5, 5.41) is 32.8. The fourth-order valence-electron chi connectivity index (χ4n) is 4.53. The number of amides is 2. The van der Waals surface area contributed by atoms with Crippen LogP contribution in [-0.4, -0.2) is 115 Å². The molecule has 1 aromatic rings. The maximum Gasteiger partial charge on any atom is 0.247 e. The highest BCUT2D eigenvalue weighted by Gasteiger charge is 2.40. The zero-order chi connectivity index (χ0) is 26.9. The lowest BCUT2D eigenvalue weighted by molar-refractivity contribution is -0.136. The lowest BCUT2D eigenvalue weighted by atomic mass is 9.88. The van der Waals surface area contributed by atoms with Gasteiger partial charge in [0.1, 0.15) is 12.2 Å². The number of aliphatic hydroxyl groups is 3. The van der Waals surface area contributed by atoms with E-state index in [9.17, 15) is 19.8 Å². The molecule has 1 aliphatic carbocycles.